The molecule has 0 radical (unpaired) electrons. The molecule has 2 aromatic rings. The van der Waals surface area contributed by atoms with Gasteiger partial charge in [-0.05, 0) is 37.1 Å². The summed E-state index contributed by atoms with van der Waals surface area (Å²) in [4.78, 5) is 4.32. The first-order valence-corrected chi connectivity index (χ1v) is 6.39. The minimum Gasteiger partial charge on any atom is -0.310 e. The summed E-state index contributed by atoms with van der Waals surface area (Å²) in [5.41, 5.74) is 3.76. The van der Waals surface area contributed by atoms with Crippen LogP contribution in [0.15, 0.2) is 12.1 Å². The molecule has 0 atom stereocenters. The van der Waals surface area contributed by atoms with E-state index in [9.17, 15) is 0 Å². The Labute approximate surface area is 120 Å². The molecule has 3 nitrogen and oxygen atoms in total. The number of rotatable bonds is 1. The van der Waals surface area contributed by atoms with Gasteiger partial charge in [-0.15, -0.1) is 0 Å². The molecule has 0 N–H and O–H groups in total. The zero-order chi connectivity index (χ0) is 13.5. The van der Waals surface area contributed by atoms with Gasteiger partial charge in [-0.2, -0.15) is 5.26 Å². The number of imidazole rings is 1. The molecule has 0 saturated heterocycles. The largest absolute Gasteiger partial charge is 0.310 e. The van der Waals surface area contributed by atoms with Crippen LogP contribution in [0.2, 0.25) is 0 Å². The number of nitrogens with zero attached hydrogens (tertiary/aromatic N) is 3. The lowest BCUT2D eigenvalue weighted by atomic mass is 10.1. The Bertz CT molecular complexity index is 647. The summed E-state index contributed by atoms with van der Waals surface area (Å²) in [6, 6.07) is 5.94. The van der Waals surface area contributed by atoms with E-state index >= 15 is 0 Å². The van der Waals surface area contributed by atoms with Gasteiger partial charge in [0.2, 0.25) is 3.79 Å². The fourth-order valence-electron chi connectivity index (χ4n) is 1.83. The molecule has 0 aliphatic rings. The fourth-order valence-corrected chi connectivity index (χ4v) is 2.26. The van der Waals surface area contributed by atoms with Gasteiger partial charge in [0.25, 0.3) is 0 Å². The number of aryl methyl sites for hydroxylation is 2. The summed E-state index contributed by atoms with van der Waals surface area (Å²) in [6.07, 6.45) is 0. The Hall–Kier alpha value is -0.950. The second-order valence-corrected chi connectivity index (χ2v) is 6.38. The van der Waals surface area contributed by atoms with Gasteiger partial charge in [0.1, 0.15) is 6.54 Å². The van der Waals surface area contributed by atoms with Crippen LogP contribution in [0, 0.1) is 25.2 Å². The third-order valence-electron chi connectivity index (χ3n) is 2.85. The summed E-state index contributed by atoms with van der Waals surface area (Å²) in [5, 5.41) is 8.88. The summed E-state index contributed by atoms with van der Waals surface area (Å²) in [7, 11) is 0. The number of fused-ring (bicyclic) bond motifs is 1. The standard InChI is InChI=1S/C12H10Cl3N3/c1-7-5-9-10(6-8(7)2)18(4-3-16)11(17-9)12(13,14)15/h5-6H,4H2,1-2H3. The highest BCUT2D eigenvalue weighted by atomic mass is 35.6. The number of hydrogen-bond acceptors (Lipinski definition) is 2. The van der Waals surface area contributed by atoms with Crippen LogP contribution in [0.4, 0.5) is 0 Å². The first-order valence-electron chi connectivity index (χ1n) is 5.26. The van der Waals surface area contributed by atoms with Crippen molar-refractivity contribution >= 4 is 45.8 Å². The monoisotopic (exact) mass is 301 g/mol. The van der Waals surface area contributed by atoms with Crippen molar-refractivity contribution in [2.24, 2.45) is 0 Å². The number of nitriles is 1. The SMILES string of the molecule is Cc1cc2nc(C(Cl)(Cl)Cl)n(CC#N)c2cc1C. The Morgan fingerprint density at radius 3 is 2.44 bits per heavy atom. The molecule has 1 aromatic carbocycles. The molecule has 0 aliphatic heterocycles. The Morgan fingerprint density at radius 2 is 1.89 bits per heavy atom. The smallest absolute Gasteiger partial charge is 0.248 e. The molecule has 6 heteroatoms. The van der Waals surface area contributed by atoms with Gasteiger partial charge in [0.15, 0.2) is 5.82 Å². The average Bonchev–Trinajstić information content (AvgIpc) is 2.58. The zero-order valence-corrected chi connectivity index (χ0v) is 12.1. The van der Waals surface area contributed by atoms with E-state index in [2.05, 4.69) is 11.1 Å². The van der Waals surface area contributed by atoms with Gasteiger partial charge in [-0.1, -0.05) is 34.8 Å². The quantitative estimate of drug-likeness (QED) is 0.747. The molecular formula is C12H10Cl3N3. The maximum atomic E-state index is 8.88. The lowest BCUT2D eigenvalue weighted by molar-refractivity contribution is 0.784. The van der Waals surface area contributed by atoms with Gasteiger partial charge in [0, 0.05) is 0 Å². The molecule has 94 valence electrons. The Balaban J connectivity index is 2.80. The van der Waals surface area contributed by atoms with Crippen molar-refractivity contribution in [3.8, 4) is 6.07 Å². The molecule has 1 aromatic heterocycles. The van der Waals surface area contributed by atoms with Gasteiger partial charge in [-0.25, -0.2) is 4.98 Å². The van der Waals surface area contributed by atoms with Crippen LogP contribution in [0.25, 0.3) is 11.0 Å². The van der Waals surface area contributed by atoms with Crippen LogP contribution >= 0.6 is 34.8 Å². The lowest BCUT2D eigenvalue weighted by Crippen LogP contribution is -2.11. The van der Waals surface area contributed by atoms with Gasteiger partial charge < -0.3 is 4.57 Å². The van der Waals surface area contributed by atoms with Crippen LogP contribution in [0.3, 0.4) is 0 Å². The van der Waals surface area contributed by atoms with Crippen LogP contribution in [-0.4, -0.2) is 9.55 Å². The van der Waals surface area contributed by atoms with E-state index in [1.165, 1.54) is 0 Å². The van der Waals surface area contributed by atoms with Crippen molar-refractivity contribution in [2.45, 2.75) is 24.2 Å². The van der Waals surface area contributed by atoms with Crippen molar-refractivity contribution in [2.75, 3.05) is 0 Å². The van der Waals surface area contributed by atoms with Crippen LogP contribution in [0.1, 0.15) is 17.0 Å². The van der Waals surface area contributed by atoms with E-state index in [1.54, 1.807) is 4.57 Å². The highest BCUT2D eigenvalue weighted by Crippen LogP contribution is 2.39. The highest BCUT2D eigenvalue weighted by Gasteiger charge is 2.30. The van der Waals surface area contributed by atoms with E-state index in [1.807, 2.05) is 26.0 Å². The summed E-state index contributed by atoms with van der Waals surface area (Å²) >= 11 is 17.7. The molecule has 0 spiro atoms. The molecular weight excluding hydrogens is 293 g/mol. The molecule has 1 heterocycles. The molecule has 0 saturated carbocycles. The van der Waals surface area contributed by atoms with E-state index in [-0.39, 0.29) is 12.4 Å². The predicted octanol–water partition coefficient (Wildman–Crippen LogP) is 4.00. The second-order valence-electron chi connectivity index (χ2n) is 4.10. The highest BCUT2D eigenvalue weighted by molar-refractivity contribution is 6.66. The van der Waals surface area contributed by atoms with E-state index in [4.69, 9.17) is 40.1 Å². The number of alkyl halides is 3. The number of hydrogen-bond donors (Lipinski definition) is 0. The van der Waals surface area contributed by atoms with E-state index in [0.717, 1.165) is 22.2 Å². The molecule has 0 bridgehead atoms. The predicted molar refractivity (Wildman–Crippen MR) is 74.1 cm³/mol. The topological polar surface area (TPSA) is 41.6 Å². The Morgan fingerprint density at radius 1 is 1.28 bits per heavy atom. The second kappa shape index (κ2) is 4.62. The first-order chi connectivity index (χ1) is 8.34. The van der Waals surface area contributed by atoms with Crippen molar-refractivity contribution in [3.05, 3.63) is 29.1 Å². The van der Waals surface area contributed by atoms with Gasteiger partial charge in [-0.3, -0.25) is 0 Å². The zero-order valence-electron chi connectivity index (χ0n) is 9.84. The molecule has 0 aliphatic carbocycles. The normalized spacial score (nSPS) is 11.8. The summed E-state index contributed by atoms with van der Waals surface area (Å²) < 4.78 is -0.00749. The third-order valence-corrected chi connectivity index (χ3v) is 3.35. The molecule has 2 rings (SSSR count). The molecule has 18 heavy (non-hydrogen) atoms. The van der Waals surface area contributed by atoms with Crippen molar-refractivity contribution in [3.63, 3.8) is 0 Å². The maximum Gasteiger partial charge on any atom is 0.248 e. The van der Waals surface area contributed by atoms with Crippen molar-refractivity contribution in [1.29, 1.82) is 5.26 Å². The van der Waals surface area contributed by atoms with Gasteiger partial charge >= 0.3 is 0 Å². The number of benzene rings is 1. The number of halogens is 3. The van der Waals surface area contributed by atoms with Crippen LogP contribution in [0.5, 0.6) is 0 Å². The minimum absolute atomic E-state index is 0.0994. The molecule has 0 unspecified atom stereocenters. The van der Waals surface area contributed by atoms with Crippen LogP contribution < -0.4 is 0 Å². The Kier molecular flexibility index (Phi) is 3.46. The summed E-state index contributed by atoms with van der Waals surface area (Å²) in [5.74, 6) is 0.272. The lowest BCUT2D eigenvalue weighted by Gasteiger charge is -2.11. The average molecular weight is 303 g/mol. The number of aromatic nitrogens is 2. The fraction of sp³-hybridized carbons (Fsp3) is 0.333. The van der Waals surface area contributed by atoms with Gasteiger partial charge in [0.05, 0.1) is 17.1 Å². The van der Waals surface area contributed by atoms with Crippen molar-refractivity contribution < 1.29 is 0 Å². The van der Waals surface area contributed by atoms with Crippen LogP contribution in [-0.2, 0) is 10.3 Å². The third kappa shape index (κ3) is 2.29. The first kappa shape index (κ1) is 13.5. The van der Waals surface area contributed by atoms with E-state index in [0.29, 0.717) is 0 Å². The molecule has 0 amide bonds. The molecule has 0 fully saturated rings. The van der Waals surface area contributed by atoms with Crippen molar-refractivity contribution in [1.82, 2.24) is 9.55 Å². The van der Waals surface area contributed by atoms with E-state index < -0.39 is 3.79 Å². The minimum atomic E-state index is -1.64. The summed E-state index contributed by atoms with van der Waals surface area (Å²) in [6.45, 7) is 4.09. The maximum absolute atomic E-state index is 8.88.